The van der Waals surface area contributed by atoms with Gasteiger partial charge in [-0.15, -0.1) is 0 Å². The number of hydrogen-bond acceptors (Lipinski definition) is 4. The van der Waals surface area contributed by atoms with E-state index in [1.54, 1.807) is 16.4 Å². The van der Waals surface area contributed by atoms with Gasteiger partial charge in [0.1, 0.15) is 5.75 Å². The molecule has 112 valence electrons. The molecular weight excluding hydrogens is 284 g/mol. The summed E-state index contributed by atoms with van der Waals surface area (Å²) in [4.78, 5) is 25.3. The van der Waals surface area contributed by atoms with E-state index in [-0.39, 0.29) is 18.1 Å². The van der Waals surface area contributed by atoms with Crippen LogP contribution >= 0.6 is 0 Å². The predicted molar refractivity (Wildman–Crippen MR) is 78.8 cm³/mol. The fourth-order valence-electron chi connectivity index (χ4n) is 2.35. The highest BCUT2D eigenvalue weighted by atomic mass is 16.5. The van der Waals surface area contributed by atoms with Crippen molar-refractivity contribution >= 4 is 17.5 Å². The minimum atomic E-state index is -0.638. The highest BCUT2D eigenvalue weighted by Gasteiger charge is 2.26. The number of hydrogen-bond donors (Lipinski definition) is 2. The summed E-state index contributed by atoms with van der Waals surface area (Å²) >= 11 is 0. The smallest absolute Gasteiger partial charge is 0.274 e. The van der Waals surface area contributed by atoms with Crippen molar-refractivity contribution in [1.29, 1.82) is 0 Å². The van der Waals surface area contributed by atoms with Crippen LogP contribution in [-0.4, -0.2) is 23.6 Å². The van der Waals surface area contributed by atoms with Crippen LogP contribution in [0.3, 0.4) is 0 Å². The van der Waals surface area contributed by atoms with Crippen molar-refractivity contribution in [3.63, 3.8) is 0 Å². The van der Waals surface area contributed by atoms with Gasteiger partial charge in [0.05, 0.1) is 12.2 Å². The first-order valence-corrected chi connectivity index (χ1v) is 6.74. The zero-order valence-corrected chi connectivity index (χ0v) is 11.7. The van der Waals surface area contributed by atoms with Gasteiger partial charge in [0.2, 0.25) is 0 Å². The molecule has 2 N–H and O–H groups in total. The quantitative estimate of drug-likeness (QED) is 0.668. The highest BCUT2D eigenvalue weighted by Crippen LogP contribution is 2.34. The summed E-state index contributed by atoms with van der Waals surface area (Å²) in [7, 11) is 0. The first-order valence-electron chi connectivity index (χ1n) is 6.74. The van der Waals surface area contributed by atoms with Crippen LogP contribution < -0.4 is 15.1 Å². The van der Waals surface area contributed by atoms with Crippen LogP contribution in [0, 0.1) is 0 Å². The molecule has 1 heterocycles. The topological polar surface area (TPSA) is 78.9 Å². The number of rotatable bonds is 3. The molecule has 0 radical (unpaired) electrons. The largest absolute Gasteiger partial charge is 0.482 e. The van der Waals surface area contributed by atoms with Crippen molar-refractivity contribution in [1.82, 2.24) is 5.48 Å². The molecule has 3 rings (SSSR count). The monoisotopic (exact) mass is 298 g/mol. The molecule has 22 heavy (non-hydrogen) atoms. The molecule has 0 saturated heterocycles. The fraction of sp³-hybridized carbons (Fsp3) is 0.125. The van der Waals surface area contributed by atoms with Crippen LogP contribution in [0.15, 0.2) is 48.5 Å². The third-order valence-corrected chi connectivity index (χ3v) is 3.45. The molecule has 0 aromatic heterocycles. The van der Waals surface area contributed by atoms with Crippen molar-refractivity contribution < 1.29 is 19.5 Å². The molecular formula is C16H14N2O4. The number of fused-ring (bicyclic) bond motifs is 1. The van der Waals surface area contributed by atoms with Gasteiger partial charge in [0.25, 0.3) is 11.8 Å². The third kappa shape index (κ3) is 2.64. The standard InChI is InChI=1S/C16H14N2O4/c19-15-10-22-14-7-6-12(16(20)17-21)8-13(14)18(15)9-11-4-2-1-3-5-11/h1-8,21H,9-10H2,(H,17,20). The van der Waals surface area contributed by atoms with Gasteiger partial charge in [-0.3, -0.25) is 14.8 Å². The average molecular weight is 298 g/mol. The van der Waals surface area contributed by atoms with E-state index < -0.39 is 5.91 Å². The Balaban J connectivity index is 1.98. The average Bonchev–Trinajstić information content (AvgIpc) is 2.57. The van der Waals surface area contributed by atoms with E-state index in [2.05, 4.69) is 0 Å². The Hall–Kier alpha value is -2.86. The second kappa shape index (κ2) is 5.87. The summed E-state index contributed by atoms with van der Waals surface area (Å²) < 4.78 is 5.39. The lowest BCUT2D eigenvalue weighted by Crippen LogP contribution is -2.38. The first kappa shape index (κ1) is 14.1. The van der Waals surface area contributed by atoms with Crippen LogP contribution in [0.4, 0.5) is 5.69 Å². The Kier molecular flexibility index (Phi) is 3.76. The van der Waals surface area contributed by atoms with Gasteiger partial charge in [-0.25, -0.2) is 5.48 Å². The maximum absolute atomic E-state index is 12.2. The molecule has 1 aliphatic rings. The number of hydroxylamine groups is 1. The second-order valence-electron chi connectivity index (χ2n) is 4.88. The number of anilines is 1. The molecule has 0 aliphatic carbocycles. The Morgan fingerprint density at radius 2 is 2.00 bits per heavy atom. The third-order valence-electron chi connectivity index (χ3n) is 3.45. The molecule has 0 bridgehead atoms. The molecule has 6 heteroatoms. The van der Waals surface area contributed by atoms with Gasteiger partial charge in [-0.2, -0.15) is 0 Å². The number of nitrogens with zero attached hydrogens (tertiary/aromatic N) is 1. The first-order chi connectivity index (χ1) is 10.7. The van der Waals surface area contributed by atoms with Crippen molar-refractivity contribution in [3.05, 3.63) is 59.7 Å². The predicted octanol–water partition coefficient (Wildman–Crippen LogP) is 1.73. The Labute approximate surface area is 126 Å². The molecule has 0 unspecified atom stereocenters. The zero-order chi connectivity index (χ0) is 15.5. The molecule has 0 fully saturated rings. The molecule has 2 amide bonds. The van der Waals surface area contributed by atoms with Crippen molar-refractivity contribution in [2.45, 2.75) is 6.54 Å². The minimum absolute atomic E-state index is 0.0363. The van der Waals surface area contributed by atoms with Crippen LogP contribution in [0.5, 0.6) is 5.75 Å². The van der Waals surface area contributed by atoms with Gasteiger partial charge in [-0.05, 0) is 23.8 Å². The van der Waals surface area contributed by atoms with E-state index in [0.29, 0.717) is 18.0 Å². The van der Waals surface area contributed by atoms with Gasteiger partial charge >= 0.3 is 0 Å². The molecule has 0 atom stereocenters. The summed E-state index contributed by atoms with van der Waals surface area (Å²) in [5.41, 5.74) is 3.32. The summed E-state index contributed by atoms with van der Waals surface area (Å²) in [5.74, 6) is -0.289. The number of nitrogens with one attached hydrogen (secondary N) is 1. The van der Waals surface area contributed by atoms with Crippen LogP contribution in [0.1, 0.15) is 15.9 Å². The highest BCUT2D eigenvalue weighted by molar-refractivity contribution is 6.00. The Morgan fingerprint density at radius 3 is 2.73 bits per heavy atom. The normalized spacial score (nSPS) is 13.3. The van der Waals surface area contributed by atoms with Crippen molar-refractivity contribution in [3.8, 4) is 5.75 Å². The molecule has 0 saturated carbocycles. The van der Waals surface area contributed by atoms with Crippen LogP contribution in [0.25, 0.3) is 0 Å². The summed E-state index contributed by atoms with van der Waals surface area (Å²) in [5, 5.41) is 8.73. The minimum Gasteiger partial charge on any atom is -0.482 e. The summed E-state index contributed by atoms with van der Waals surface area (Å²) in [6.45, 7) is 0.353. The van der Waals surface area contributed by atoms with Gasteiger partial charge < -0.3 is 9.64 Å². The van der Waals surface area contributed by atoms with Gasteiger partial charge in [0, 0.05) is 5.56 Å². The van der Waals surface area contributed by atoms with E-state index in [1.807, 2.05) is 30.3 Å². The number of carbonyl (C=O) groups is 2. The lowest BCUT2D eigenvalue weighted by atomic mass is 10.1. The lowest BCUT2D eigenvalue weighted by molar-refractivity contribution is -0.121. The summed E-state index contributed by atoms with van der Waals surface area (Å²) in [6, 6.07) is 14.2. The van der Waals surface area contributed by atoms with E-state index in [4.69, 9.17) is 9.94 Å². The van der Waals surface area contributed by atoms with Gasteiger partial charge in [0.15, 0.2) is 6.61 Å². The fourth-order valence-corrected chi connectivity index (χ4v) is 2.35. The van der Waals surface area contributed by atoms with E-state index in [1.165, 1.54) is 12.1 Å². The lowest BCUT2D eigenvalue weighted by Gasteiger charge is -2.29. The van der Waals surface area contributed by atoms with Crippen molar-refractivity contribution in [2.75, 3.05) is 11.5 Å². The van der Waals surface area contributed by atoms with E-state index in [9.17, 15) is 9.59 Å². The van der Waals surface area contributed by atoms with Crippen LogP contribution in [0.2, 0.25) is 0 Å². The number of benzene rings is 2. The Morgan fingerprint density at radius 1 is 1.23 bits per heavy atom. The molecule has 2 aromatic carbocycles. The summed E-state index contributed by atoms with van der Waals surface area (Å²) in [6.07, 6.45) is 0. The molecule has 2 aromatic rings. The van der Waals surface area contributed by atoms with Crippen LogP contribution in [-0.2, 0) is 11.3 Å². The number of amides is 2. The van der Waals surface area contributed by atoms with Crippen molar-refractivity contribution in [2.24, 2.45) is 0 Å². The maximum Gasteiger partial charge on any atom is 0.274 e. The molecule has 1 aliphatic heterocycles. The SMILES string of the molecule is O=C(NO)c1ccc2c(c1)N(Cc1ccccc1)C(=O)CO2. The van der Waals surface area contributed by atoms with Gasteiger partial charge in [-0.1, -0.05) is 30.3 Å². The van der Waals surface area contributed by atoms with E-state index in [0.717, 1.165) is 5.56 Å². The van der Waals surface area contributed by atoms with E-state index >= 15 is 0 Å². The maximum atomic E-state index is 12.2. The second-order valence-corrected chi connectivity index (χ2v) is 4.88. The Bertz CT molecular complexity index is 715. The molecule has 0 spiro atoms. The zero-order valence-electron chi connectivity index (χ0n) is 11.7. The number of carbonyl (C=O) groups excluding carboxylic acids is 2. The number of ether oxygens (including phenoxy) is 1. The molecule has 6 nitrogen and oxygen atoms in total.